The van der Waals surface area contributed by atoms with Crippen LogP contribution in [0.1, 0.15) is 12.8 Å². The third kappa shape index (κ3) is 2.32. The van der Waals surface area contributed by atoms with Gasteiger partial charge in [0.05, 0.1) is 33.0 Å². The highest BCUT2D eigenvalue weighted by molar-refractivity contribution is 5.74. The summed E-state index contributed by atoms with van der Waals surface area (Å²) in [6.07, 6.45) is 1.83. The number of ether oxygens (including phenoxy) is 3. The molecule has 3 aliphatic heterocycles. The van der Waals surface area contributed by atoms with Gasteiger partial charge in [0, 0.05) is 26.1 Å². The predicted octanol–water partition coefficient (Wildman–Crippen LogP) is 0.278. The Kier molecular flexibility index (Phi) is 3.41. The monoisotopic (exact) mass is 256 g/mol. The smallest absolute Gasteiger partial charge is 0.320 e. The largest absolute Gasteiger partial charge is 0.378 e. The van der Waals surface area contributed by atoms with E-state index in [2.05, 4.69) is 0 Å². The van der Waals surface area contributed by atoms with E-state index in [9.17, 15) is 4.79 Å². The predicted molar refractivity (Wildman–Crippen MR) is 63.2 cm³/mol. The molecule has 0 bridgehead atoms. The lowest BCUT2D eigenvalue weighted by Crippen LogP contribution is -2.56. The van der Waals surface area contributed by atoms with Crippen molar-refractivity contribution in [2.75, 3.05) is 52.6 Å². The zero-order chi connectivity index (χ0) is 12.4. The van der Waals surface area contributed by atoms with Crippen LogP contribution in [0.15, 0.2) is 0 Å². The fourth-order valence-corrected chi connectivity index (χ4v) is 2.84. The number of carbonyl (C=O) groups is 1. The molecule has 0 radical (unpaired) electrons. The highest BCUT2D eigenvalue weighted by Crippen LogP contribution is 2.30. The van der Waals surface area contributed by atoms with Crippen LogP contribution in [0.5, 0.6) is 0 Å². The minimum absolute atomic E-state index is 0.0940. The lowest BCUT2D eigenvalue weighted by molar-refractivity contribution is -0.184. The fourth-order valence-electron chi connectivity index (χ4n) is 2.84. The van der Waals surface area contributed by atoms with Crippen LogP contribution in [0.3, 0.4) is 0 Å². The second-order valence-electron chi connectivity index (χ2n) is 5.01. The highest BCUT2D eigenvalue weighted by Gasteiger charge is 2.42. The molecule has 3 fully saturated rings. The molecule has 0 aromatic carbocycles. The summed E-state index contributed by atoms with van der Waals surface area (Å²) in [5.41, 5.74) is 0. The van der Waals surface area contributed by atoms with Gasteiger partial charge in [0.25, 0.3) is 0 Å². The molecule has 1 spiro atoms. The van der Waals surface area contributed by atoms with Crippen molar-refractivity contribution in [3.05, 3.63) is 0 Å². The van der Waals surface area contributed by atoms with Gasteiger partial charge in [0.1, 0.15) is 0 Å². The van der Waals surface area contributed by atoms with Crippen LogP contribution in [0.25, 0.3) is 0 Å². The Hall–Kier alpha value is -0.850. The maximum atomic E-state index is 12.4. The normalized spacial score (nSPS) is 27.8. The van der Waals surface area contributed by atoms with Crippen LogP contribution in [-0.2, 0) is 14.2 Å². The number of carbonyl (C=O) groups excluding carboxylic acids is 1. The Morgan fingerprint density at radius 1 is 0.944 bits per heavy atom. The van der Waals surface area contributed by atoms with E-state index in [1.807, 2.05) is 9.80 Å². The van der Waals surface area contributed by atoms with Crippen molar-refractivity contribution in [1.82, 2.24) is 9.80 Å². The third-order valence-electron chi connectivity index (χ3n) is 3.78. The maximum absolute atomic E-state index is 12.4. The molecule has 3 rings (SSSR count). The second kappa shape index (κ2) is 5.03. The average molecular weight is 256 g/mol. The number of rotatable bonds is 0. The van der Waals surface area contributed by atoms with Crippen LogP contribution in [0.4, 0.5) is 4.79 Å². The minimum atomic E-state index is -0.528. The summed E-state index contributed by atoms with van der Waals surface area (Å²) >= 11 is 0. The van der Waals surface area contributed by atoms with Gasteiger partial charge in [-0.25, -0.2) is 4.79 Å². The first-order valence-corrected chi connectivity index (χ1v) is 6.69. The molecule has 3 saturated heterocycles. The van der Waals surface area contributed by atoms with Gasteiger partial charge in [0.2, 0.25) is 0 Å². The summed E-state index contributed by atoms with van der Waals surface area (Å²) in [6.45, 7) is 5.27. The summed E-state index contributed by atoms with van der Waals surface area (Å²) in [6, 6.07) is 0.0940. The first kappa shape index (κ1) is 12.2. The molecule has 2 amide bonds. The Balaban J connectivity index is 1.62. The number of piperidine rings is 1. The minimum Gasteiger partial charge on any atom is -0.378 e. The molecule has 6 heteroatoms. The number of nitrogens with zero attached hydrogens (tertiary/aromatic N) is 2. The van der Waals surface area contributed by atoms with E-state index >= 15 is 0 Å². The Labute approximate surface area is 107 Å². The molecule has 0 aliphatic carbocycles. The van der Waals surface area contributed by atoms with E-state index in [4.69, 9.17) is 14.2 Å². The van der Waals surface area contributed by atoms with Gasteiger partial charge >= 0.3 is 6.03 Å². The van der Waals surface area contributed by atoms with Crippen LogP contribution >= 0.6 is 0 Å². The molecule has 0 atom stereocenters. The quantitative estimate of drug-likeness (QED) is 0.624. The molecule has 0 saturated carbocycles. The summed E-state index contributed by atoms with van der Waals surface area (Å²) < 4.78 is 16.6. The van der Waals surface area contributed by atoms with E-state index in [1.165, 1.54) is 0 Å². The van der Waals surface area contributed by atoms with Gasteiger partial charge < -0.3 is 24.0 Å². The van der Waals surface area contributed by atoms with E-state index in [0.717, 1.165) is 19.4 Å². The van der Waals surface area contributed by atoms with Gasteiger partial charge in [-0.05, 0) is 6.42 Å². The number of morpholine rings is 1. The van der Waals surface area contributed by atoms with Gasteiger partial charge in [0.15, 0.2) is 5.79 Å². The standard InChI is InChI=1S/C12H20N2O4/c15-11(13-4-6-16-7-5-13)14-3-1-2-12(10-14)17-8-9-18-12/h1-10H2. The topological polar surface area (TPSA) is 51.2 Å². The van der Waals surface area contributed by atoms with E-state index in [-0.39, 0.29) is 6.03 Å². The van der Waals surface area contributed by atoms with Crippen molar-refractivity contribution in [2.24, 2.45) is 0 Å². The Morgan fingerprint density at radius 2 is 1.67 bits per heavy atom. The fraction of sp³-hybridized carbons (Fsp3) is 0.917. The van der Waals surface area contributed by atoms with Crippen LogP contribution in [-0.4, -0.2) is 74.2 Å². The first-order chi connectivity index (χ1) is 8.79. The Morgan fingerprint density at radius 3 is 2.39 bits per heavy atom. The summed E-state index contributed by atoms with van der Waals surface area (Å²) in [7, 11) is 0. The zero-order valence-corrected chi connectivity index (χ0v) is 10.6. The second-order valence-corrected chi connectivity index (χ2v) is 5.01. The molecule has 0 unspecified atom stereocenters. The van der Waals surface area contributed by atoms with Gasteiger partial charge in [-0.3, -0.25) is 0 Å². The summed E-state index contributed by atoms with van der Waals surface area (Å²) in [5, 5.41) is 0. The summed E-state index contributed by atoms with van der Waals surface area (Å²) in [5.74, 6) is -0.528. The molecule has 102 valence electrons. The first-order valence-electron chi connectivity index (χ1n) is 6.69. The van der Waals surface area contributed by atoms with Crippen molar-refractivity contribution < 1.29 is 19.0 Å². The van der Waals surface area contributed by atoms with Crippen molar-refractivity contribution in [3.63, 3.8) is 0 Å². The average Bonchev–Trinajstić information content (AvgIpc) is 2.87. The van der Waals surface area contributed by atoms with Gasteiger partial charge in [-0.1, -0.05) is 0 Å². The summed E-state index contributed by atoms with van der Waals surface area (Å²) in [4.78, 5) is 16.1. The molecule has 3 heterocycles. The number of urea groups is 1. The number of amides is 2. The van der Waals surface area contributed by atoms with Gasteiger partial charge in [-0.2, -0.15) is 0 Å². The molecule has 18 heavy (non-hydrogen) atoms. The third-order valence-corrected chi connectivity index (χ3v) is 3.78. The van der Waals surface area contributed by atoms with Crippen molar-refractivity contribution >= 4 is 6.03 Å². The lowest BCUT2D eigenvalue weighted by atomic mass is 10.1. The van der Waals surface area contributed by atoms with E-state index in [1.54, 1.807) is 0 Å². The number of hydrogen-bond donors (Lipinski definition) is 0. The van der Waals surface area contributed by atoms with Crippen LogP contribution in [0, 0.1) is 0 Å². The number of likely N-dealkylation sites (tertiary alicyclic amines) is 1. The molecule has 6 nitrogen and oxygen atoms in total. The van der Waals surface area contributed by atoms with E-state index < -0.39 is 5.79 Å². The van der Waals surface area contributed by atoms with Crippen molar-refractivity contribution in [2.45, 2.75) is 18.6 Å². The van der Waals surface area contributed by atoms with Crippen molar-refractivity contribution in [1.29, 1.82) is 0 Å². The van der Waals surface area contributed by atoms with Crippen LogP contribution in [0.2, 0.25) is 0 Å². The van der Waals surface area contributed by atoms with Crippen LogP contribution < -0.4 is 0 Å². The zero-order valence-electron chi connectivity index (χ0n) is 10.6. The molecule has 0 aromatic heterocycles. The molecule has 3 aliphatic rings. The Bertz CT molecular complexity index is 311. The number of hydrogen-bond acceptors (Lipinski definition) is 4. The molecular formula is C12H20N2O4. The van der Waals surface area contributed by atoms with Gasteiger partial charge in [-0.15, -0.1) is 0 Å². The highest BCUT2D eigenvalue weighted by atomic mass is 16.7. The molecule has 0 aromatic rings. The lowest BCUT2D eigenvalue weighted by Gasteiger charge is -2.41. The maximum Gasteiger partial charge on any atom is 0.320 e. The van der Waals surface area contributed by atoms with Crippen molar-refractivity contribution in [3.8, 4) is 0 Å². The molecular weight excluding hydrogens is 236 g/mol. The SMILES string of the molecule is O=C(N1CCOCC1)N1CCCC2(C1)OCCO2. The van der Waals surface area contributed by atoms with E-state index in [0.29, 0.717) is 46.1 Å². The molecule has 0 N–H and O–H groups in total.